The average Bonchev–Trinajstić information content (AvgIpc) is 3.08. The monoisotopic (exact) mass is 396 g/mol. The molecule has 0 aromatic carbocycles. The van der Waals surface area contributed by atoms with Gasteiger partial charge in [0.15, 0.2) is 5.79 Å². The van der Waals surface area contributed by atoms with Gasteiger partial charge in [0.1, 0.15) is 0 Å². The van der Waals surface area contributed by atoms with Crippen molar-refractivity contribution < 1.29 is 19.1 Å². The fourth-order valence-corrected chi connectivity index (χ4v) is 5.00. The van der Waals surface area contributed by atoms with Gasteiger partial charge in [0.05, 0.1) is 19.1 Å². The number of carbonyl (C=O) groups excluding carboxylic acids is 2. The van der Waals surface area contributed by atoms with Gasteiger partial charge in [-0.25, -0.2) is 4.79 Å². The molecule has 8 nitrogen and oxygen atoms in total. The Balaban J connectivity index is 1.70. The number of carbonyl (C=O) groups is 2. The molecule has 3 atom stereocenters. The van der Waals surface area contributed by atoms with Crippen LogP contribution in [0.1, 0.15) is 32.6 Å². The molecule has 3 fully saturated rings. The Morgan fingerprint density at radius 3 is 2.57 bits per heavy atom. The van der Waals surface area contributed by atoms with E-state index in [2.05, 4.69) is 17.3 Å². The van der Waals surface area contributed by atoms with E-state index in [0.717, 1.165) is 25.7 Å². The van der Waals surface area contributed by atoms with Gasteiger partial charge in [-0.15, -0.1) is 0 Å². The molecule has 3 amide bonds. The third-order valence-electron chi connectivity index (χ3n) is 6.37. The Morgan fingerprint density at radius 1 is 1.21 bits per heavy atom. The molecule has 1 saturated carbocycles. The van der Waals surface area contributed by atoms with Crippen molar-refractivity contribution in [2.75, 3.05) is 60.5 Å². The lowest BCUT2D eigenvalue weighted by Crippen LogP contribution is -2.57. The molecule has 1 spiro atoms. The number of nitrogens with zero attached hydrogens (tertiary/aromatic N) is 3. The maximum absolute atomic E-state index is 13.3. The van der Waals surface area contributed by atoms with E-state index in [1.807, 2.05) is 25.9 Å². The summed E-state index contributed by atoms with van der Waals surface area (Å²) in [6.45, 7) is 5.46. The Labute approximate surface area is 168 Å². The Kier molecular flexibility index (Phi) is 6.96. The van der Waals surface area contributed by atoms with Crippen molar-refractivity contribution >= 4 is 11.9 Å². The molecule has 0 aromatic rings. The molecule has 2 heterocycles. The molecule has 2 aliphatic heterocycles. The predicted molar refractivity (Wildman–Crippen MR) is 106 cm³/mol. The SMILES string of the molecule is CCNC(=O)N(CCN(C)C)C(=O)[C@@H]1C[C@@H]2CC3(CC[C@H]2N(C)C1)OCCO3. The number of hydrogen-bond donors (Lipinski definition) is 1. The highest BCUT2D eigenvalue weighted by molar-refractivity contribution is 5.95. The number of fused-ring (bicyclic) bond motifs is 1. The second kappa shape index (κ2) is 9.07. The zero-order chi connectivity index (χ0) is 20.3. The molecule has 1 aliphatic carbocycles. The summed E-state index contributed by atoms with van der Waals surface area (Å²) < 4.78 is 11.9. The van der Waals surface area contributed by atoms with Crippen LogP contribution < -0.4 is 5.32 Å². The summed E-state index contributed by atoms with van der Waals surface area (Å²) in [5, 5.41) is 2.79. The number of likely N-dealkylation sites (tertiary alicyclic amines) is 1. The first-order chi connectivity index (χ1) is 13.3. The van der Waals surface area contributed by atoms with Gasteiger partial charge in [-0.3, -0.25) is 9.69 Å². The third kappa shape index (κ3) is 4.67. The minimum Gasteiger partial charge on any atom is -0.348 e. The molecule has 8 heteroatoms. The van der Waals surface area contributed by atoms with Crippen LogP contribution in [0.3, 0.4) is 0 Å². The van der Waals surface area contributed by atoms with Gasteiger partial charge < -0.3 is 24.6 Å². The van der Waals surface area contributed by atoms with E-state index in [-0.39, 0.29) is 17.9 Å². The summed E-state index contributed by atoms with van der Waals surface area (Å²) in [5.74, 6) is -0.333. The molecule has 160 valence electrons. The molecule has 3 rings (SSSR count). The number of hydrogen-bond acceptors (Lipinski definition) is 6. The lowest BCUT2D eigenvalue weighted by atomic mass is 9.72. The topological polar surface area (TPSA) is 74.4 Å². The molecule has 0 unspecified atom stereocenters. The summed E-state index contributed by atoms with van der Waals surface area (Å²) in [5.41, 5.74) is 0. The number of amides is 3. The first-order valence-electron chi connectivity index (χ1n) is 10.6. The van der Waals surface area contributed by atoms with E-state index < -0.39 is 5.79 Å². The fourth-order valence-electron chi connectivity index (χ4n) is 5.00. The highest BCUT2D eigenvalue weighted by Gasteiger charge is 2.49. The smallest absolute Gasteiger partial charge is 0.324 e. The molecule has 0 bridgehead atoms. The average molecular weight is 397 g/mol. The Hall–Kier alpha value is -1.22. The van der Waals surface area contributed by atoms with Crippen LogP contribution in [-0.4, -0.2) is 99.0 Å². The molecule has 3 aliphatic rings. The number of piperidine rings is 1. The van der Waals surface area contributed by atoms with Crippen LogP contribution in [0.25, 0.3) is 0 Å². The van der Waals surface area contributed by atoms with E-state index >= 15 is 0 Å². The van der Waals surface area contributed by atoms with Crippen molar-refractivity contribution in [1.82, 2.24) is 20.0 Å². The molecule has 28 heavy (non-hydrogen) atoms. The molecular formula is C20H36N4O4. The van der Waals surface area contributed by atoms with Crippen molar-refractivity contribution in [1.29, 1.82) is 0 Å². The van der Waals surface area contributed by atoms with Gasteiger partial charge in [-0.2, -0.15) is 0 Å². The van der Waals surface area contributed by atoms with Crippen LogP contribution in [0.15, 0.2) is 0 Å². The number of urea groups is 1. The minimum absolute atomic E-state index is 0.0639. The van der Waals surface area contributed by atoms with Crippen LogP contribution in [0.2, 0.25) is 0 Å². The fraction of sp³-hybridized carbons (Fsp3) is 0.900. The first kappa shape index (κ1) is 21.5. The summed E-state index contributed by atoms with van der Waals surface area (Å²) in [7, 11) is 5.99. The van der Waals surface area contributed by atoms with Crippen molar-refractivity contribution in [2.45, 2.75) is 44.4 Å². The summed E-state index contributed by atoms with van der Waals surface area (Å²) in [6.07, 6.45) is 3.58. The van der Waals surface area contributed by atoms with Crippen molar-refractivity contribution in [3.05, 3.63) is 0 Å². The van der Waals surface area contributed by atoms with Gasteiger partial charge in [-0.05, 0) is 46.8 Å². The summed E-state index contributed by atoms with van der Waals surface area (Å²) >= 11 is 0. The Bertz CT molecular complexity index is 564. The zero-order valence-corrected chi connectivity index (χ0v) is 17.8. The lowest BCUT2D eigenvalue weighted by Gasteiger charge is -2.49. The van der Waals surface area contributed by atoms with E-state index in [1.165, 1.54) is 4.90 Å². The second-order valence-corrected chi connectivity index (χ2v) is 8.68. The quantitative estimate of drug-likeness (QED) is 0.747. The van der Waals surface area contributed by atoms with Gasteiger partial charge in [-0.1, -0.05) is 0 Å². The standard InChI is InChI=1S/C20H36N4O4/c1-5-21-19(26)24(9-8-22(2)3)18(25)16-12-15-13-20(27-10-11-28-20)7-6-17(15)23(4)14-16/h15-17H,5-14H2,1-4H3,(H,21,26)/t15-,16-,17-/m1/s1. The maximum Gasteiger partial charge on any atom is 0.324 e. The molecule has 0 radical (unpaired) electrons. The maximum atomic E-state index is 13.3. The van der Waals surface area contributed by atoms with E-state index in [0.29, 0.717) is 51.4 Å². The molecular weight excluding hydrogens is 360 g/mol. The first-order valence-corrected chi connectivity index (χ1v) is 10.6. The van der Waals surface area contributed by atoms with Crippen LogP contribution in [0.5, 0.6) is 0 Å². The van der Waals surface area contributed by atoms with Gasteiger partial charge >= 0.3 is 6.03 Å². The van der Waals surface area contributed by atoms with Crippen molar-refractivity contribution in [3.63, 3.8) is 0 Å². The van der Waals surface area contributed by atoms with Gasteiger partial charge in [0, 0.05) is 45.1 Å². The molecule has 0 aromatic heterocycles. The number of rotatable bonds is 5. The highest BCUT2D eigenvalue weighted by atomic mass is 16.7. The van der Waals surface area contributed by atoms with Crippen molar-refractivity contribution in [3.8, 4) is 0 Å². The number of imide groups is 1. The van der Waals surface area contributed by atoms with Crippen LogP contribution in [0.4, 0.5) is 4.79 Å². The van der Waals surface area contributed by atoms with Crippen LogP contribution >= 0.6 is 0 Å². The van der Waals surface area contributed by atoms with Gasteiger partial charge in [0.2, 0.25) is 5.91 Å². The van der Waals surface area contributed by atoms with Crippen LogP contribution in [-0.2, 0) is 14.3 Å². The Morgan fingerprint density at radius 2 is 1.93 bits per heavy atom. The van der Waals surface area contributed by atoms with Crippen LogP contribution in [0, 0.1) is 11.8 Å². The largest absolute Gasteiger partial charge is 0.348 e. The minimum atomic E-state index is -0.447. The molecule has 2 saturated heterocycles. The summed E-state index contributed by atoms with van der Waals surface area (Å²) in [6, 6.07) is 0.170. The number of likely N-dealkylation sites (N-methyl/N-ethyl adjacent to an activating group) is 1. The van der Waals surface area contributed by atoms with E-state index in [9.17, 15) is 9.59 Å². The summed E-state index contributed by atoms with van der Waals surface area (Å²) in [4.78, 5) is 31.5. The highest BCUT2D eigenvalue weighted by Crippen LogP contribution is 2.45. The normalized spacial score (nSPS) is 29.7. The van der Waals surface area contributed by atoms with E-state index in [1.54, 1.807) is 0 Å². The number of ether oxygens (including phenoxy) is 2. The zero-order valence-electron chi connectivity index (χ0n) is 17.8. The predicted octanol–water partition coefficient (Wildman–Crippen LogP) is 0.970. The molecule has 1 N–H and O–H groups in total. The van der Waals surface area contributed by atoms with Crippen molar-refractivity contribution in [2.24, 2.45) is 11.8 Å². The number of nitrogens with one attached hydrogen (secondary N) is 1. The van der Waals surface area contributed by atoms with E-state index in [4.69, 9.17) is 9.47 Å². The second-order valence-electron chi connectivity index (χ2n) is 8.68. The lowest BCUT2D eigenvalue weighted by molar-refractivity contribution is -0.202. The van der Waals surface area contributed by atoms with Gasteiger partial charge in [0.25, 0.3) is 0 Å². The third-order valence-corrected chi connectivity index (χ3v) is 6.37.